The molecule has 1 heterocycles. The second-order valence-electron chi connectivity index (χ2n) is 16.6. The van der Waals surface area contributed by atoms with E-state index in [4.69, 9.17) is 28.9 Å². The van der Waals surface area contributed by atoms with Gasteiger partial charge in [0.05, 0.1) is 39.1 Å². The first-order valence-electron chi connectivity index (χ1n) is 21.9. The van der Waals surface area contributed by atoms with Crippen molar-refractivity contribution in [3.63, 3.8) is 0 Å². The minimum absolute atomic E-state index is 0.00519. The van der Waals surface area contributed by atoms with E-state index in [1.165, 1.54) is 66.5 Å². The third-order valence-corrected chi connectivity index (χ3v) is 12.5. The van der Waals surface area contributed by atoms with Gasteiger partial charge in [-0.2, -0.15) is 0 Å². The quantitative estimate of drug-likeness (QED) is 0.0342. The lowest BCUT2D eigenvalue weighted by Crippen LogP contribution is -2.69. The number of likely N-dealkylation sites (N-methyl/N-ethyl adjacent to an activating group) is 1. The van der Waals surface area contributed by atoms with E-state index >= 15 is 0 Å². The number of ether oxygens (including phenoxy) is 4. The Morgan fingerprint density at radius 1 is 0.851 bits per heavy atom. The summed E-state index contributed by atoms with van der Waals surface area (Å²) in [5, 5.41) is 58.9. The molecule has 1 aliphatic heterocycles. The van der Waals surface area contributed by atoms with Crippen LogP contribution in [0.3, 0.4) is 0 Å². The SMILES string of the molecule is C=CCOC12Oc3ccc(Oc4cccc([N+](=O)[O-])c4)cc3C3C(CCCCO)C(CCCCO)C=C(C(=NOCc4ccc([N+](=O)[O-])cc4)CC1N(C)C(=O)Oc1ccc([N+](=O)[O-])cc1)C32. The fraction of sp³-hybridized carbons (Fsp3) is 0.375. The van der Waals surface area contributed by atoms with E-state index in [1.807, 2.05) is 6.07 Å². The summed E-state index contributed by atoms with van der Waals surface area (Å²) >= 11 is 0. The van der Waals surface area contributed by atoms with E-state index in [-0.39, 0.29) is 73.2 Å². The van der Waals surface area contributed by atoms with E-state index in [9.17, 15) is 45.4 Å². The van der Waals surface area contributed by atoms with Gasteiger partial charge >= 0.3 is 6.09 Å². The van der Waals surface area contributed by atoms with Gasteiger partial charge in [-0.15, -0.1) is 6.58 Å². The fourth-order valence-electron chi connectivity index (χ4n) is 9.42. The van der Waals surface area contributed by atoms with Crippen LogP contribution in [0.15, 0.2) is 120 Å². The van der Waals surface area contributed by atoms with Gasteiger partial charge in [-0.3, -0.25) is 30.3 Å². The molecule has 6 atom stereocenters. The van der Waals surface area contributed by atoms with Crippen LogP contribution in [-0.2, 0) is 16.2 Å². The number of oxime groups is 1. The Kier molecular flexibility index (Phi) is 15.2. The zero-order valence-electron chi connectivity index (χ0n) is 36.7. The van der Waals surface area contributed by atoms with Crippen molar-refractivity contribution < 1.29 is 53.6 Å². The summed E-state index contributed by atoms with van der Waals surface area (Å²) < 4.78 is 26.1. The van der Waals surface area contributed by atoms with Crippen LogP contribution in [-0.4, -0.2) is 80.4 Å². The first-order chi connectivity index (χ1) is 32.4. The van der Waals surface area contributed by atoms with E-state index in [1.54, 1.807) is 36.4 Å². The maximum Gasteiger partial charge on any atom is 0.415 e. The monoisotopic (exact) mass is 921 g/mol. The maximum absolute atomic E-state index is 14.3. The Hall–Kier alpha value is -7.22. The fourth-order valence-corrected chi connectivity index (χ4v) is 9.42. The number of benzene rings is 4. The zero-order chi connectivity index (χ0) is 47.7. The molecule has 0 saturated heterocycles. The summed E-state index contributed by atoms with van der Waals surface area (Å²) in [5.74, 6) is -1.95. The van der Waals surface area contributed by atoms with Crippen molar-refractivity contribution in [3.8, 4) is 23.0 Å². The van der Waals surface area contributed by atoms with Gasteiger partial charge in [-0.1, -0.05) is 36.2 Å². The van der Waals surface area contributed by atoms with Gasteiger partial charge in [0, 0.05) is 68.5 Å². The first kappa shape index (κ1) is 47.7. The first-order valence-corrected chi connectivity index (χ1v) is 21.9. The summed E-state index contributed by atoms with van der Waals surface area (Å²) in [4.78, 5) is 54.5. The molecular weight excluding hydrogens is 871 g/mol. The number of unbranched alkanes of at least 4 members (excludes halogenated alkanes) is 2. The molecule has 352 valence electrons. The number of aliphatic hydroxyl groups excluding tert-OH is 2. The molecule has 1 amide bonds. The van der Waals surface area contributed by atoms with Crippen LogP contribution >= 0.6 is 0 Å². The number of nitro benzene ring substituents is 3. The molecule has 19 heteroatoms. The van der Waals surface area contributed by atoms with Crippen LogP contribution in [0.4, 0.5) is 21.9 Å². The Morgan fingerprint density at radius 2 is 1.49 bits per heavy atom. The summed E-state index contributed by atoms with van der Waals surface area (Å²) in [6.45, 7) is 3.85. The molecule has 1 fully saturated rings. The number of carbonyl (C=O) groups excluding carboxylic acids is 1. The van der Waals surface area contributed by atoms with Gasteiger partial charge in [0.2, 0.25) is 5.79 Å². The summed E-state index contributed by atoms with van der Waals surface area (Å²) in [6.07, 6.45) is 6.70. The molecule has 0 radical (unpaired) electrons. The molecule has 67 heavy (non-hydrogen) atoms. The van der Waals surface area contributed by atoms with Crippen LogP contribution in [0.2, 0.25) is 0 Å². The largest absolute Gasteiger partial charge is 0.459 e. The van der Waals surface area contributed by atoms with Crippen molar-refractivity contribution in [2.45, 2.75) is 69.3 Å². The smallest absolute Gasteiger partial charge is 0.415 e. The van der Waals surface area contributed by atoms with Crippen molar-refractivity contribution in [2.75, 3.05) is 26.9 Å². The minimum Gasteiger partial charge on any atom is -0.459 e. The maximum atomic E-state index is 14.3. The molecule has 6 unspecified atom stereocenters. The highest BCUT2D eigenvalue weighted by molar-refractivity contribution is 6.03. The lowest BCUT2D eigenvalue weighted by Gasteiger charge is -2.59. The van der Waals surface area contributed by atoms with Gasteiger partial charge < -0.3 is 38.9 Å². The third kappa shape index (κ3) is 10.6. The standard InChI is InChI=1S/C48H51N5O14/c1-3-25-63-48-44(50(2)47(56)66-36-19-17-34(18-20-36)52(59)60)29-42(49-64-30-31-13-15-33(16-14-31)51(57)58)40-26-32(9-4-6-23-54)39(12-5-7-24-55)45(46(40)48)41-28-38(21-22-43(41)67-48)65-37-11-8-10-35(27-37)53(61)62/h3,8,10-11,13-22,26-28,32,39,44-46,54-55H,1,4-7,9,12,23-25,29-30H2,2H3. The van der Waals surface area contributed by atoms with Crippen molar-refractivity contribution >= 4 is 28.9 Å². The molecular formula is C48H51N5O14. The molecule has 1 saturated carbocycles. The number of rotatable bonds is 21. The second-order valence-corrected chi connectivity index (χ2v) is 16.6. The molecule has 2 N–H and O–H groups in total. The van der Waals surface area contributed by atoms with Crippen LogP contribution in [0, 0.1) is 48.1 Å². The number of fused-ring (bicyclic) bond motifs is 2. The molecule has 3 aliphatic rings. The molecule has 0 bridgehead atoms. The predicted molar refractivity (Wildman–Crippen MR) is 243 cm³/mol. The summed E-state index contributed by atoms with van der Waals surface area (Å²) in [5.41, 5.74) is 2.13. The number of carbonyl (C=O) groups is 1. The van der Waals surface area contributed by atoms with Crippen LogP contribution in [0.25, 0.3) is 0 Å². The van der Waals surface area contributed by atoms with Crippen LogP contribution in [0.5, 0.6) is 23.0 Å². The molecule has 4 aromatic carbocycles. The minimum atomic E-state index is -1.65. The number of amides is 1. The molecule has 4 aromatic rings. The molecule has 7 rings (SSSR count). The normalized spacial score (nSPS) is 22.0. The predicted octanol–water partition coefficient (Wildman–Crippen LogP) is 9.17. The van der Waals surface area contributed by atoms with Gasteiger partial charge in [0.15, 0.2) is 0 Å². The number of hydrogen-bond donors (Lipinski definition) is 2. The summed E-state index contributed by atoms with van der Waals surface area (Å²) in [6, 6.07) is 21.1. The number of non-ortho nitro benzene ring substituents is 3. The second kappa shape index (κ2) is 21.4. The zero-order valence-corrected chi connectivity index (χ0v) is 36.7. The van der Waals surface area contributed by atoms with Gasteiger partial charge in [-0.25, -0.2) is 4.79 Å². The van der Waals surface area contributed by atoms with E-state index < -0.39 is 44.5 Å². The third-order valence-electron chi connectivity index (χ3n) is 12.5. The highest BCUT2D eigenvalue weighted by atomic mass is 16.7. The van der Waals surface area contributed by atoms with Gasteiger partial charge in [-0.05, 0) is 97.2 Å². The summed E-state index contributed by atoms with van der Waals surface area (Å²) in [7, 11) is 1.53. The lowest BCUT2D eigenvalue weighted by molar-refractivity contribution is -0.385. The Balaban J connectivity index is 1.39. The number of hydrogen-bond acceptors (Lipinski definition) is 15. The number of aliphatic hydroxyl groups is 2. The van der Waals surface area contributed by atoms with E-state index in [0.717, 1.165) is 11.1 Å². The molecule has 2 aliphatic carbocycles. The Bertz CT molecular complexity index is 2520. The van der Waals surface area contributed by atoms with Crippen LogP contribution in [0.1, 0.15) is 62.0 Å². The average molecular weight is 922 g/mol. The molecule has 0 spiro atoms. The average Bonchev–Trinajstić information content (AvgIpc) is 3.32. The van der Waals surface area contributed by atoms with Crippen molar-refractivity contribution in [3.05, 3.63) is 157 Å². The number of nitrogens with zero attached hydrogens (tertiary/aromatic N) is 5. The van der Waals surface area contributed by atoms with E-state index in [2.05, 4.69) is 12.7 Å². The topological polar surface area (TPSA) is 249 Å². The van der Waals surface area contributed by atoms with Crippen molar-refractivity contribution in [2.24, 2.45) is 22.9 Å². The van der Waals surface area contributed by atoms with Crippen LogP contribution < -0.4 is 14.2 Å². The van der Waals surface area contributed by atoms with Gasteiger partial charge in [0.1, 0.15) is 35.6 Å². The van der Waals surface area contributed by atoms with Crippen molar-refractivity contribution in [1.82, 2.24) is 4.90 Å². The number of nitro groups is 3. The Morgan fingerprint density at radius 3 is 2.15 bits per heavy atom. The highest BCUT2D eigenvalue weighted by Crippen LogP contribution is 2.62. The Labute approximate surface area is 385 Å². The van der Waals surface area contributed by atoms with E-state index in [0.29, 0.717) is 61.3 Å². The number of allylic oxidation sites excluding steroid dienone is 1. The van der Waals surface area contributed by atoms with Crippen molar-refractivity contribution in [1.29, 1.82) is 0 Å². The molecule has 0 aromatic heterocycles. The molecule has 19 nitrogen and oxygen atoms in total. The van der Waals surface area contributed by atoms with Gasteiger partial charge in [0.25, 0.3) is 17.1 Å². The highest BCUT2D eigenvalue weighted by Gasteiger charge is 2.65. The lowest BCUT2D eigenvalue weighted by atomic mass is 9.55.